The normalized spacial score (nSPS) is 12.0. The molecule has 0 bridgehead atoms. The number of hydrogen-bond acceptors (Lipinski definition) is 6. The first-order valence-electron chi connectivity index (χ1n) is 26.2. The van der Waals surface area contributed by atoms with Crippen molar-refractivity contribution in [1.29, 1.82) is 0 Å². The van der Waals surface area contributed by atoms with Gasteiger partial charge in [0.2, 0.25) is 0 Å². The van der Waals surface area contributed by atoms with Crippen molar-refractivity contribution in [3.63, 3.8) is 0 Å². The molecule has 1 atom stereocenters. The lowest BCUT2D eigenvalue weighted by molar-refractivity contribution is -0.167. The van der Waals surface area contributed by atoms with Gasteiger partial charge in [-0.3, -0.25) is 14.4 Å². The maximum Gasteiger partial charge on any atom is 0.306 e. The molecule has 0 aliphatic rings. The lowest BCUT2D eigenvalue weighted by atomic mass is 10.0. The van der Waals surface area contributed by atoms with Crippen molar-refractivity contribution in [2.45, 2.75) is 297 Å². The minimum atomic E-state index is -0.770. The summed E-state index contributed by atoms with van der Waals surface area (Å²) in [6.07, 6.45) is 53.4. The number of carbonyl (C=O) groups excluding carboxylic acids is 3. The number of carbonyl (C=O) groups is 3. The van der Waals surface area contributed by atoms with Crippen LogP contribution < -0.4 is 0 Å². The number of allylic oxidation sites excluding steroid dienone is 2. The topological polar surface area (TPSA) is 78.9 Å². The maximum absolute atomic E-state index is 12.8. The summed E-state index contributed by atoms with van der Waals surface area (Å²) in [5, 5.41) is 0. The largest absolute Gasteiger partial charge is 0.462 e. The molecule has 59 heavy (non-hydrogen) atoms. The molecule has 0 radical (unpaired) electrons. The van der Waals surface area contributed by atoms with Gasteiger partial charge < -0.3 is 14.2 Å². The fourth-order valence-electron chi connectivity index (χ4n) is 7.79. The van der Waals surface area contributed by atoms with Crippen molar-refractivity contribution in [2.75, 3.05) is 13.2 Å². The second-order valence-electron chi connectivity index (χ2n) is 17.8. The lowest BCUT2D eigenvalue weighted by Crippen LogP contribution is -2.30. The molecule has 0 aromatic rings. The molecule has 0 rings (SSSR count). The number of rotatable bonds is 48. The van der Waals surface area contributed by atoms with Crippen molar-refractivity contribution in [3.05, 3.63) is 12.2 Å². The van der Waals surface area contributed by atoms with Gasteiger partial charge in [0.15, 0.2) is 6.10 Å². The molecule has 0 N–H and O–H groups in total. The second-order valence-corrected chi connectivity index (χ2v) is 17.8. The molecule has 348 valence electrons. The number of esters is 3. The van der Waals surface area contributed by atoms with E-state index in [9.17, 15) is 14.4 Å². The Morgan fingerprint density at radius 1 is 0.322 bits per heavy atom. The van der Waals surface area contributed by atoms with Gasteiger partial charge in [-0.1, -0.05) is 238 Å². The zero-order chi connectivity index (χ0) is 43.0. The maximum atomic E-state index is 12.8. The van der Waals surface area contributed by atoms with E-state index in [0.717, 1.165) is 70.6 Å². The van der Waals surface area contributed by atoms with Crippen LogP contribution in [0, 0.1) is 0 Å². The Morgan fingerprint density at radius 2 is 0.559 bits per heavy atom. The van der Waals surface area contributed by atoms with E-state index >= 15 is 0 Å². The molecule has 0 aliphatic heterocycles. The second kappa shape index (κ2) is 48.8. The Morgan fingerprint density at radius 3 is 0.864 bits per heavy atom. The Kier molecular flexibility index (Phi) is 47.3. The minimum Gasteiger partial charge on any atom is -0.462 e. The van der Waals surface area contributed by atoms with Gasteiger partial charge in [0.25, 0.3) is 0 Å². The zero-order valence-electron chi connectivity index (χ0n) is 39.8. The van der Waals surface area contributed by atoms with Gasteiger partial charge in [-0.25, -0.2) is 0 Å². The average molecular weight is 833 g/mol. The molecule has 0 aromatic heterocycles. The van der Waals surface area contributed by atoms with E-state index in [1.807, 2.05) is 0 Å². The van der Waals surface area contributed by atoms with E-state index in [0.29, 0.717) is 19.3 Å². The molecule has 0 fully saturated rings. The van der Waals surface area contributed by atoms with Gasteiger partial charge in [0.05, 0.1) is 0 Å². The van der Waals surface area contributed by atoms with Crippen LogP contribution >= 0.6 is 0 Å². The van der Waals surface area contributed by atoms with E-state index in [4.69, 9.17) is 14.2 Å². The molecule has 0 heterocycles. The van der Waals surface area contributed by atoms with E-state index in [1.54, 1.807) is 0 Å². The number of unbranched alkanes of at least 4 members (excludes halogenated alkanes) is 35. The van der Waals surface area contributed by atoms with Crippen molar-refractivity contribution < 1.29 is 28.6 Å². The summed E-state index contributed by atoms with van der Waals surface area (Å²) < 4.78 is 16.8. The van der Waals surface area contributed by atoms with Gasteiger partial charge in [-0.15, -0.1) is 0 Å². The summed E-state index contributed by atoms with van der Waals surface area (Å²) in [6.45, 7) is 6.64. The van der Waals surface area contributed by atoms with Crippen molar-refractivity contribution in [1.82, 2.24) is 0 Å². The Hall–Kier alpha value is -1.85. The van der Waals surface area contributed by atoms with Crippen LogP contribution in [0.1, 0.15) is 290 Å². The van der Waals surface area contributed by atoms with Gasteiger partial charge in [0.1, 0.15) is 13.2 Å². The highest BCUT2D eigenvalue weighted by molar-refractivity contribution is 5.71. The minimum absolute atomic E-state index is 0.0709. The van der Waals surface area contributed by atoms with Crippen LogP contribution in [0.4, 0.5) is 0 Å². The molecule has 6 nitrogen and oxygen atoms in total. The van der Waals surface area contributed by atoms with Crippen LogP contribution in [0.5, 0.6) is 0 Å². The van der Waals surface area contributed by atoms with Crippen LogP contribution in [0.2, 0.25) is 0 Å². The predicted octanol–water partition coefficient (Wildman–Crippen LogP) is 17.0. The molecular weight excluding hydrogens is 733 g/mol. The highest BCUT2D eigenvalue weighted by Gasteiger charge is 2.19. The van der Waals surface area contributed by atoms with E-state index in [2.05, 4.69) is 32.9 Å². The first-order valence-corrected chi connectivity index (χ1v) is 26.2. The van der Waals surface area contributed by atoms with Gasteiger partial charge in [-0.2, -0.15) is 0 Å². The zero-order valence-corrected chi connectivity index (χ0v) is 39.8. The Balaban J connectivity index is 4.27. The van der Waals surface area contributed by atoms with Crippen molar-refractivity contribution >= 4 is 17.9 Å². The standard InChI is InChI=1S/C53H100O6/c1-4-7-10-13-16-19-22-24-25-26-27-28-30-31-34-37-40-43-46-52(55)58-49-50(48-57-51(54)45-42-39-36-33-21-18-15-12-9-6-3)59-53(56)47-44-41-38-35-32-29-23-20-17-14-11-8-5-2/h29,32,50H,4-28,30-31,33-49H2,1-3H3/b32-29-. The third kappa shape index (κ3) is 47.1. The first kappa shape index (κ1) is 57.1. The highest BCUT2D eigenvalue weighted by atomic mass is 16.6. The summed E-state index contributed by atoms with van der Waals surface area (Å²) in [6, 6.07) is 0. The highest BCUT2D eigenvalue weighted by Crippen LogP contribution is 2.16. The average Bonchev–Trinajstić information content (AvgIpc) is 3.23. The molecule has 0 spiro atoms. The van der Waals surface area contributed by atoms with Crippen LogP contribution in [-0.4, -0.2) is 37.2 Å². The third-order valence-corrected chi connectivity index (χ3v) is 11.8. The molecule has 0 saturated carbocycles. The van der Waals surface area contributed by atoms with E-state index in [1.165, 1.54) is 180 Å². The fourth-order valence-corrected chi connectivity index (χ4v) is 7.79. The Bertz CT molecular complexity index is 916. The molecule has 6 heteroatoms. The fraction of sp³-hybridized carbons (Fsp3) is 0.906. The number of ether oxygens (including phenoxy) is 3. The predicted molar refractivity (Wildman–Crippen MR) is 252 cm³/mol. The van der Waals surface area contributed by atoms with Crippen LogP contribution in [0.15, 0.2) is 12.2 Å². The Labute approximate surface area is 367 Å². The summed E-state index contributed by atoms with van der Waals surface area (Å²) in [4.78, 5) is 37.9. The quantitative estimate of drug-likeness (QED) is 0.0263. The molecule has 0 saturated heterocycles. The SMILES string of the molecule is CCCCCCCC/C=C\CCCCCC(=O)OC(COC(=O)CCCCCCCCCCCC)COC(=O)CCCCCCCCCCCCCCCCCCCC. The number of hydrogen-bond donors (Lipinski definition) is 0. The van der Waals surface area contributed by atoms with Crippen LogP contribution in [0.25, 0.3) is 0 Å². The lowest BCUT2D eigenvalue weighted by Gasteiger charge is -2.18. The summed E-state index contributed by atoms with van der Waals surface area (Å²) >= 11 is 0. The molecule has 0 amide bonds. The van der Waals surface area contributed by atoms with Gasteiger partial charge >= 0.3 is 17.9 Å². The summed E-state index contributed by atoms with van der Waals surface area (Å²) in [7, 11) is 0. The summed E-state index contributed by atoms with van der Waals surface area (Å²) in [5.41, 5.74) is 0. The van der Waals surface area contributed by atoms with Crippen LogP contribution in [0.3, 0.4) is 0 Å². The van der Waals surface area contributed by atoms with Crippen molar-refractivity contribution in [2.24, 2.45) is 0 Å². The first-order chi connectivity index (χ1) is 29.0. The molecule has 1 unspecified atom stereocenters. The third-order valence-electron chi connectivity index (χ3n) is 11.8. The van der Waals surface area contributed by atoms with Gasteiger partial charge in [-0.05, 0) is 44.9 Å². The molecule has 0 aliphatic carbocycles. The van der Waals surface area contributed by atoms with E-state index in [-0.39, 0.29) is 31.1 Å². The molecule has 0 aromatic carbocycles. The van der Waals surface area contributed by atoms with Gasteiger partial charge in [0, 0.05) is 19.3 Å². The molecular formula is C53H100O6. The van der Waals surface area contributed by atoms with Crippen LogP contribution in [-0.2, 0) is 28.6 Å². The smallest absolute Gasteiger partial charge is 0.306 e. The summed E-state index contributed by atoms with van der Waals surface area (Å²) in [5.74, 6) is -0.872. The van der Waals surface area contributed by atoms with E-state index < -0.39 is 6.10 Å². The van der Waals surface area contributed by atoms with Crippen molar-refractivity contribution in [3.8, 4) is 0 Å². The monoisotopic (exact) mass is 833 g/mol.